The van der Waals surface area contributed by atoms with Crippen LogP contribution in [0.2, 0.25) is 0 Å². The summed E-state index contributed by atoms with van der Waals surface area (Å²) in [6.45, 7) is 3.73. The molecule has 2 aliphatic rings. The molecule has 3 unspecified atom stereocenters. The van der Waals surface area contributed by atoms with Crippen molar-refractivity contribution in [2.24, 2.45) is 11.8 Å². The Labute approximate surface area is 117 Å². The molecular weight excluding hydrogens is 240 g/mol. The topological polar surface area (TPSA) is 38.7 Å². The fraction of sp³-hybridized carbons (Fsp3) is 1.00. The number of methoxy groups -OCH3 is 1. The third-order valence-corrected chi connectivity index (χ3v) is 4.94. The van der Waals surface area contributed by atoms with E-state index in [-0.39, 0.29) is 11.7 Å². The van der Waals surface area contributed by atoms with Crippen LogP contribution in [0, 0.1) is 11.8 Å². The van der Waals surface area contributed by atoms with E-state index in [0.717, 1.165) is 32.5 Å². The molecule has 0 radical (unpaired) electrons. The van der Waals surface area contributed by atoms with Crippen molar-refractivity contribution in [2.45, 2.75) is 70.0 Å². The first-order valence-corrected chi connectivity index (χ1v) is 7.96. The van der Waals surface area contributed by atoms with Crippen molar-refractivity contribution in [3.8, 4) is 0 Å². The minimum Gasteiger partial charge on any atom is -0.393 e. The average Bonchev–Trinajstić information content (AvgIpc) is 2.40. The second-order valence-corrected chi connectivity index (χ2v) is 6.71. The Bertz CT molecular complexity index is 255. The summed E-state index contributed by atoms with van der Waals surface area (Å²) in [5, 5.41) is 10.5. The Hall–Kier alpha value is -0.120. The van der Waals surface area contributed by atoms with Gasteiger partial charge in [-0.05, 0) is 43.9 Å². The van der Waals surface area contributed by atoms with Gasteiger partial charge in [-0.15, -0.1) is 0 Å². The molecule has 1 saturated heterocycles. The van der Waals surface area contributed by atoms with Crippen molar-refractivity contribution in [3.05, 3.63) is 0 Å². The highest BCUT2D eigenvalue weighted by molar-refractivity contribution is 4.91. The van der Waals surface area contributed by atoms with Crippen LogP contribution in [0.5, 0.6) is 0 Å². The predicted octanol–water partition coefficient (Wildman–Crippen LogP) is 3.15. The Morgan fingerprint density at radius 3 is 2.74 bits per heavy atom. The highest BCUT2D eigenvalue weighted by Gasteiger charge is 2.40. The highest BCUT2D eigenvalue weighted by atomic mass is 16.5. The number of aliphatic hydroxyl groups excluding tert-OH is 1. The summed E-state index contributed by atoms with van der Waals surface area (Å²) < 4.78 is 11.3. The standard InChI is InChI=1S/C16H30O3/c1-13(12-18-2)10-15(17)14-6-9-19-16(11-14)7-4-3-5-8-16/h13-15,17H,3-12H2,1-2H3. The second kappa shape index (κ2) is 7.05. The van der Waals surface area contributed by atoms with Crippen LogP contribution in [-0.4, -0.2) is 37.1 Å². The molecule has 112 valence electrons. The summed E-state index contributed by atoms with van der Waals surface area (Å²) in [6.07, 6.45) is 9.08. The summed E-state index contributed by atoms with van der Waals surface area (Å²) in [6, 6.07) is 0. The molecule has 3 nitrogen and oxygen atoms in total. The van der Waals surface area contributed by atoms with Gasteiger partial charge in [-0.3, -0.25) is 0 Å². The molecule has 0 aromatic carbocycles. The van der Waals surface area contributed by atoms with Gasteiger partial charge in [0.1, 0.15) is 0 Å². The molecule has 0 aromatic rings. The van der Waals surface area contributed by atoms with Gasteiger partial charge in [-0.1, -0.05) is 26.2 Å². The molecule has 0 amide bonds. The van der Waals surface area contributed by atoms with Crippen LogP contribution in [0.1, 0.15) is 58.3 Å². The maximum absolute atomic E-state index is 10.5. The van der Waals surface area contributed by atoms with Gasteiger partial charge in [-0.2, -0.15) is 0 Å². The third-order valence-electron chi connectivity index (χ3n) is 4.94. The molecule has 2 fully saturated rings. The van der Waals surface area contributed by atoms with E-state index in [4.69, 9.17) is 9.47 Å². The summed E-state index contributed by atoms with van der Waals surface area (Å²) in [7, 11) is 1.73. The number of ether oxygens (including phenoxy) is 2. The van der Waals surface area contributed by atoms with Gasteiger partial charge in [0.05, 0.1) is 11.7 Å². The van der Waals surface area contributed by atoms with Crippen LogP contribution in [0.4, 0.5) is 0 Å². The van der Waals surface area contributed by atoms with Gasteiger partial charge < -0.3 is 14.6 Å². The monoisotopic (exact) mass is 270 g/mol. The molecule has 1 aliphatic heterocycles. The summed E-state index contributed by atoms with van der Waals surface area (Å²) in [4.78, 5) is 0. The number of rotatable bonds is 5. The molecule has 3 atom stereocenters. The Morgan fingerprint density at radius 2 is 2.05 bits per heavy atom. The Morgan fingerprint density at radius 1 is 1.32 bits per heavy atom. The molecule has 1 heterocycles. The Balaban J connectivity index is 1.85. The van der Waals surface area contributed by atoms with E-state index >= 15 is 0 Å². The van der Waals surface area contributed by atoms with Crippen LogP contribution in [-0.2, 0) is 9.47 Å². The number of hydrogen-bond acceptors (Lipinski definition) is 3. The van der Waals surface area contributed by atoms with E-state index in [1.54, 1.807) is 7.11 Å². The molecular formula is C16H30O3. The van der Waals surface area contributed by atoms with E-state index in [2.05, 4.69) is 6.92 Å². The van der Waals surface area contributed by atoms with Crippen molar-refractivity contribution >= 4 is 0 Å². The smallest absolute Gasteiger partial charge is 0.0686 e. The molecule has 1 saturated carbocycles. The first kappa shape index (κ1) is 15.3. The van der Waals surface area contributed by atoms with Crippen molar-refractivity contribution in [2.75, 3.05) is 20.3 Å². The third kappa shape index (κ3) is 4.17. The van der Waals surface area contributed by atoms with E-state index in [0.29, 0.717) is 11.8 Å². The van der Waals surface area contributed by atoms with Gasteiger partial charge in [-0.25, -0.2) is 0 Å². The zero-order valence-electron chi connectivity index (χ0n) is 12.6. The lowest BCUT2D eigenvalue weighted by Gasteiger charge is -2.45. The molecule has 19 heavy (non-hydrogen) atoms. The first-order valence-electron chi connectivity index (χ1n) is 7.96. The van der Waals surface area contributed by atoms with E-state index in [9.17, 15) is 5.11 Å². The van der Waals surface area contributed by atoms with Crippen LogP contribution < -0.4 is 0 Å². The normalized spacial score (nSPS) is 30.2. The largest absolute Gasteiger partial charge is 0.393 e. The zero-order valence-corrected chi connectivity index (χ0v) is 12.6. The van der Waals surface area contributed by atoms with Crippen molar-refractivity contribution in [1.82, 2.24) is 0 Å². The fourth-order valence-electron chi connectivity index (χ4n) is 3.90. The van der Waals surface area contributed by atoms with Crippen LogP contribution >= 0.6 is 0 Å². The second-order valence-electron chi connectivity index (χ2n) is 6.71. The van der Waals surface area contributed by atoms with Gasteiger partial charge in [0.2, 0.25) is 0 Å². The van der Waals surface area contributed by atoms with E-state index in [1.807, 2.05) is 0 Å². The zero-order chi connectivity index (χ0) is 13.7. The van der Waals surface area contributed by atoms with E-state index < -0.39 is 0 Å². The maximum Gasteiger partial charge on any atom is 0.0686 e. The van der Waals surface area contributed by atoms with Crippen LogP contribution in [0.25, 0.3) is 0 Å². The average molecular weight is 270 g/mol. The summed E-state index contributed by atoms with van der Waals surface area (Å²) >= 11 is 0. The lowest BCUT2D eigenvalue weighted by Crippen LogP contribution is -2.44. The minimum atomic E-state index is -0.187. The lowest BCUT2D eigenvalue weighted by atomic mass is 9.74. The number of hydrogen-bond donors (Lipinski definition) is 1. The Kier molecular flexibility index (Phi) is 5.67. The SMILES string of the molecule is COCC(C)CC(O)C1CCOC2(CCCCC2)C1. The lowest BCUT2D eigenvalue weighted by molar-refractivity contribution is -0.135. The summed E-state index contributed by atoms with van der Waals surface area (Å²) in [5.41, 5.74) is 0.104. The summed E-state index contributed by atoms with van der Waals surface area (Å²) in [5.74, 6) is 0.858. The molecule has 0 bridgehead atoms. The van der Waals surface area contributed by atoms with Crippen molar-refractivity contribution in [1.29, 1.82) is 0 Å². The molecule has 1 aliphatic carbocycles. The van der Waals surface area contributed by atoms with Gasteiger partial charge >= 0.3 is 0 Å². The van der Waals surface area contributed by atoms with Gasteiger partial charge in [0.25, 0.3) is 0 Å². The van der Waals surface area contributed by atoms with Crippen molar-refractivity contribution < 1.29 is 14.6 Å². The minimum absolute atomic E-state index is 0.104. The first-order chi connectivity index (χ1) is 9.15. The quantitative estimate of drug-likeness (QED) is 0.834. The highest BCUT2D eigenvalue weighted by Crippen LogP contribution is 2.42. The molecule has 3 heteroatoms. The van der Waals surface area contributed by atoms with Crippen molar-refractivity contribution in [3.63, 3.8) is 0 Å². The van der Waals surface area contributed by atoms with E-state index in [1.165, 1.54) is 32.1 Å². The van der Waals surface area contributed by atoms with Crippen LogP contribution in [0.15, 0.2) is 0 Å². The molecule has 0 aromatic heterocycles. The van der Waals surface area contributed by atoms with Gasteiger partial charge in [0.15, 0.2) is 0 Å². The number of aliphatic hydroxyl groups is 1. The molecule has 2 rings (SSSR count). The maximum atomic E-state index is 10.5. The van der Waals surface area contributed by atoms with Crippen LogP contribution in [0.3, 0.4) is 0 Å². The predicted molar refractivity (Wildman–Crippen MR) is 76.2 cm³/mol. The molecule has 1 spiro atoms. The molecule has 1 N–H and O–H groups in total. The fourth-order valence-corrected chi connectivity index (χ4v) is 3.90. The van der Waals surface area contributed by atoms with Gasteiger partial charge in [0, 0.05) is 20.3 Å².